The Labute approximate surface area is 121 Å². The minimum absolute atomic E-state index is 0.0227. The van der Waals surface area contributed by atoms with E-state index >= 15 is 0 Å². The van der Waals surface area contributed by atoms with Gasteiger partial charge in [0.25, 0.3) is 0 Å². The molecule has 0 saturated carbocycles. The normalized spacial score (nSPS) is 11.2. The first-order valence-electron chi connectivity index (χ1n) is 6.97. The van der Waals surface area contributed by atoms with Crippen molar-refractivity contribution in [1.29, 1.82) is 0 Å². The molecule has 1 aromatic heterocycles. The summed E-state index contributed by atoms with van der Waals surface area (Å²) in [4.78, 5) is 18.1. The number of aromatic nitrogens is 1. The molecule has 0 radical (unpaired) electrons. The maximum Gasteiger partial charge on any atom is 0.224 e. The molecule has 0 fully saturated rings. The molecule has 0 saturated heterocycles. The number of amides is 1. The number of carbonyl (C=O) groups excluding carboxylic acids is 1. The summed E-state index contributed by atoms with van der Waals surface area (Å²) < 4.78 is 0. The first-order chi connectivity index (χ1) is 9.34. The van der Waals surface area contributed by atoms with Gasteiger partial charge in [0, 0.05) is 20.5 Å². The molecule has 112 valence electrons. The predicted octanol–water partition coefficient (Wildman–Crippen LogP) is 2.24. The number of hydrogen-bond donors (Lipinski definition) is 2. The molecule has 0 aliphatic carbocycles. The van der Waals surface area contributed by atoms with Gasteiger partial charge in [-0.2, -0.15) is 0 Å². The highest BCUT2D eigenvalue weighted by molar-refractivity contribution is 5.90. The summed E-state index contributed by atoms with van der Waals surface area (Å²) in [5, 5.41) is 2.87. The van der Waals surface area contributed by atoms with Gasteiger partial charge in [-0.3, -0.25) is 4.79 Å². The Morgan fingerprint density at radius 3 is 2.55 bits per heavy atom. The van der Waals surface area contributed by atoms with E-state index in [-0.39, 0.29) is 11.3 Å². The first kappa shape index (κ1) is 16.4. The Balaban J connectivity index is 2.46. The SMILES string of the molecule is CN(C)c1ccc(NC(=O)CCC(C)(C)CCN)cn1. The molecule has 0 aliphatic rings. The lowest BCUT2D eigenvalue weighted by Gasteiger charge is -2.23. The molecular weight excluding hydrogens is 252 g/mol. The molecular formula is C15H26N4O. The van der Waals surface area contributed by atoms with Crippen molar-refractivity contribution in [1.82, 2.24) is 4.98 Å². The fraction of sp³-hybridized carbons (Fsp3) is 0.600. The highest BCUT2D eigenvalue weighted by Gasteiger charge is 2.18. The third-order valence-electron chi connectivity index (χ3n) is 3.34. The smallest absolute Gasteiger partial charge is 0.224 e. The van der Waals surface area contributed by atoms with E-state index in [0.29, 0.717) is 13.0 Å². The standard InChI is InChI=1S/C15H26N4O/c1-15(2,9-10-16)8-7-14(20)18-12-5-6-13(17-11-12)19(3)4/h5-6,11H,7-10,16H2,1-4H3,(H,18,20). The molecule has 5 heteroatoms. The lowest BCUT2D eigenvalue weighted by atomic mass is 9.84. The average molecular weight is 278 g/mol. The van der Waals surface area contributed by atoms with Crippen LogP contribution in [0, 0.1) is 5.41 Å². The largest absolute Gasteiger partial charge is 0.363 e. The van der Waals surface area contributed by atoms with Gasteiger partial charge in [-0.1, -0.05) is 13.8 Å². The first-order valence-corrected chi connectivity index (χ1v) is 6.97. The molecule has 20 heavy (non-hydrogen) atoms. The van der Waals surface area contributed by atoms with Crippen molar-refractivity contribution in [2.75, 3.05) is 30.9 Å². The highest BCUT2D eigenvalue weighted by Crippen LogP contribution is 2.26. The van der Waals surface area contributed by atoms with E-state index in [1.807, 2.05) is 31.1 Å². The van der Waals surface area contributed by atoms with Crippen LogP contribution in [0.5, 0.6) is 0 Å². The number of pyridine rings is 1. The molecule has 1 amide bonds. The molecule has 0 aromatic carbocycles. The van der Waals surface area contributed by atoms with Crippen LogP contribution in [0.15, 0.2) is 18.3 Å². The summed E-state index contributed by atoms with van der Waals surface area (Å²) in [5.41, 5.74) is 6.41. The summed E-state index contributed by atoms with van der Waals surface area (Å²) in [5.74, 6) is 0.890. The zero-order chi connectivity index (χ0) is 15.2. The number of nitrogens with two attached hydrogens (primary N) is 1. The van der Waals surface area contributed by atoms with E-state index < -0.39 is 0 Å². The molecule has 0 spiro atoms. The van der Waals surface area contributed by atoms with Crippen LogP contribution in [-0.4, -0.2) is 31.5 Å². The van der Waals surface area contributed by atoms with E-state index in [2.05, 4.69) is 24.1 Å². The van der Waals surface area contributed by atoms with E-state index in [9.17, 15) is 4.79 Å². The van der Waals surface area contributed by atoms with Crippen molar-refractivity contribution in [3.63, 3.8) is 0 Å². The van der Waals surface area contributed by atoms with Crippen LogP contribution in [0.25, 0.3) is 0 Å². The van der Waals surface area contributed by atoms with Crippen molar-refractivity contribution in [2.45, 2.75) is 33.1 Å². The Morgan fingerprint density at radius 2 is 2.05 bits per heavy atom. The van der Waals surface area contributed by atoms with E-state index in [0.717, 1.165) is 24.3 Å². The minimum atomic E-state index is 0.0227. The molecule has 1 rings (SSSR count). The second kappa shape index (κ2) is 7.24. The van der Waals surface area contributed by atoms with Crippen LogP contribution in [0.4, 0.5) is 11.5 Å². The third kappa shape index (κ3) is 5.57. The maximum atomic E-state index is 11.9. The summed E-state index contributed by atoms with van der Waals surface area (Å²) in [6.07, 6.45) is 3.94. The van der Waals surface area contributed by atoms with Crippen LogP contribution >= 0.6 is 0 Å². The predicted molar refractivity (Wildman–Crippen MR) is 83.9 cm³/mol. The molecule has 0 unspecified atom stereocenters. The van der Waals surface area contributed by atoms with Crippen molar-refractivity contribution in [3.8, 4) is 0 Å². The fourth-order valence-electron chi connectivity index (χ4n) is 1.92. The summed E-state index contributed by atoms with van der Waals surface area (Å²) in [6.45, 7) is 4.94. The number of rotatable bonds is 7. The van der Waals surface area contributed by atoms with E-state index in [1.54, 1.807) is 6.20 Å². The van der Waals surface area contributed by atoms with Gasteiger partial charge in [-0.25, -0.2) is 4.98 Å². The highest BCUT2D eigenvalue weighted by atomic mass is 16.1. The molecule has 5 nitrogen and oxygen atoms in total. The van der Waals surface area contributed by atoms with Gasteiger partial charge in [0.2, 0.25) is 5.91 Å². The zero-order valence-corrected chi connectivity index (χ0v) is 12.9. The van der Waals surface area contributed by atoms with Crippen molar-refractivity contribution < 1.29 is 4.79 Å². The van der Waals surface area contributed by atoms with Crippen molar-refractivity contribution in [3.05, 3.63) is 18.3 Å². The Bertz CT molecular complexity index is 426. The van der Waals surface area contributed by atoms with Gasteiger partial charge < -0.3 is 16.0 Å². The summed E-state index contributed by atoms with van der Waals surface area (Å²) in [7, 11) is 3.86. The average Bonchev–Trinajstić information content (AvgIpc) is 2.37. The summed E-state index contributed by atoms with van der Waals surface area (Å²) in [6, 6.07) is 3.75. The van der Waals surface area contributed by atoms with E-state index in [4.69, 9.17) is 5.73 Å². The van der Waals surface area contributed by atoms with Crippen LogP contribution in [0.3, 0.4) is 0 Å². The maximum absolute atomic E-state index is 11.9. The number of hydrogen-bond acceptors (Lipinski definition) is 4. The Hall–Kier alpha value is -1.62. The second-order valence-corrected chi connectivity index (χ2v) is 6.05. The van der Waals surface area contributed by atoms with Gasteiger partial charge in [0.15, 0.2) is 0 Å². The van der Waals surface area contributed by atoms with Crippen molar-refractivity contribution >= 4 is 17.4 Å². The van der Waals surface area contributed by atoms with Gasteiger partial charge in [-0.15, -0.1) is 0 Å². The van der Waals surface area contributed by atoms with Gasteiger partial charge in [0.05, 0.1) is 11.9 Å². The molecule has 0 aliphatic heterocycles. The minimum Gasteiger partial charge on any atom is -0.363 e. The molecule has 0 bridgehead atoms. The number of carbonyl (C=O) groups is 1. The lowest BCUT2D eigenvalue weighted by molar-refractivity contribution is -0.116. The lowest BCUT2D eigenvalue weighted by Crippen LogP contribution is -2.20. The monoisotopic (exact) mass is 278 g/mol. The third-order valence-corrected chi connectivity index (χ3v) is 3.34. The van der Waals surface area contributed by atoms with Crippen LogP contribution in [-0.2, 0) is 4.79 Å². The number of nitrogens with one attached hydrogen (secondary N) is 1. The Morgan fingerprint density at radius 1 is 1.35 bits per heavy atom. The Kier molecular flexibility index (Phi) is 5.95. The van der Waals surface area contributed by atoms with Crippen LogP contribution < -0.4 is 16.0 Å². The fourth-order valence-corrected chi connectivity index (χ4v) is 1.92. The molecule has 1 heterocycles. The zero-order valence-electron chi connectivity index (χ0n) is 12.9. The van der Waals surface area contributed by atoms with Gasteiger partial charge in [0.1, 0.15) is 5.82 Å². The number of nitrogens with zero attached hydrogens (tertiary/aromatic N) is 2. The van der Waals surface area contributed by atoms with E-state index in [1.165, 1.54) is 0 Å². The second-order valence-electron chi connectivity index (χ2n) is 6.05. The van der Waals surface area contributed by atoms with Gasteiger partial charge >= 0.3 is 0 Å². The molecule has 3 N–H and O–H groups in total. The van der Waals surface area contributed by atoms with Crippen molar-refractivity contribution in [2.24, 2.45) is 11.1 Å². The quantitative estimate of drug-likeness (QED) is 0.802. The molecule has 0 atom stereocenters. The number of anilines is 2. The van der Waals surface area contributed by atoms with Crippen LogP contribution in [0.1, 0.15) is 33.1 Å². The topological polar surface area (TPSA) is 71.2 Å². The van der Waals surface area contributed by atoms with Gasteiger partial charge in [-0.05, 0) is 36.9 Å². The van der Waals surface area contributed by atoms with Crippen LogP contribution in [0.2, 0.25) is 0 Å². The summed E-state index contributed by atoms with van der Waals surface area (Å²) >= 11 is 0. The molecule has 1 aromatic rings.